The molecule has 0 saturated carbocycles. The number of para-hydroxylation sites is 1. The average molecular weight is 352 g/mol. The summed E-state index contributed by atoms with van der Waals surface area (Å²) in [5.41, 5.74) is 2.31. The van der Waals surface area contributed by atoms with E-state index < -0.39 is 5.97 Å². The highest BCUT2D eigenvalue weighted by Crippen LogP contribution is 2.35. The number of fused-ring (bicyclic) bond motifs is 1. The molecule has 1 aromatic heterocycles. The molecule has 0 aliphatic heterocycles. The third kappa shape index (κ3) is 3.82. The van der Waals surface area contributed by atoms with E-state index in [1.54, 1.807) is 12.1 Å². The smallest absolute Gasteiger partial charge is 0.313 e. The molecule has 1 N–H and O–H groups in total. The summed E-state index contributed by atoms with van der Waals surface area (Å²) in [5.74, 6) is -0.919. The molecule has 0 radical (unpaired) electrons. The summed E-state index contributed by atoms with van der Waals surface area (Å²) in [4.78, 5) is 16.3. The van der Waals surface area contributed by atoms with Crippen molar-refractivity contribution < 1.29 is 9.90 Å². The quantitative estimate of drug-likeness (QED) is 0.732. The van der Waals surface area contributed by atoms with Crippen molar-refractivity contribution in [2.24, 2.45) is 0 Å². The van der Waals surface area contributed by atoms with Crippen LogP contribution in [0.3, 0.4) is 0 Å². The number of benzene rings is 2. The van der Waals surface area contributed by atoms with Gasteiger partial charge >= 0.3 is 5.97 Å². The lowest BCUT2D eigenvalue weighted by molar-refractivity contribution is -0.133. The number of aromatic nitrogens is 1. The first-order chi connectivity index (χ1) is 11.7. The molecule has 1 heterocycles. The summed E-state index contributed by atoms with van der Waals surface area (Å²) in [6.07, 6.45) is 1.88. The van der Waals surface area contributed by atoms with Crippen LogP contribution in [-0.2, 0) is 4.79 Å². The molecule has 0 fully saturated rings. The zero-order valence-corrected chi connectivity index (χ0v) is 14.1. The fourth-order valence-corrected chi connectivity index (χ4v) is 3.98. The zero-order chi connectivity index (χ0) is 16.9. The molecule has 24 heavy (non-hydrogen) atoms. The maximum Gasteiger partial charge on any atom is 0.313 e. The van der Waals surface area contributed by atoms with Gasteiger partial charge in [-0.3, -0.25) is 4.79 Å². The van der Waals surface area contributed by atoms with Gasteiger partial charge in [0.2, 0.25) is 0 Å². The van der Waals surface area contributed by atoms with Crippen molar-refractivity contribution in [3.63, 3.8) is 0 Å². The van der Waals surface area contributed by atoms with Crippen LogP contribution in [0.1, 0.15) is 16.1 Å². The summed E-state index contributed by atoms with van der Waals surface area (Å²) in [5, 5.41) is 18.8. The summed E-state index contributed by atoms with van der Waals surface area (Å²) in [6, 6.07) is 17.1. The van der Waals surface area contributed by atoms with E-state index in [0.717, 1.165) is 25.7 Å². The van der Waals surface area contributed by atoms with Gasteiger partial charge in [-0.15, -0.1) is 23.1 Å². The fourth-order valence-electron chi connectivity index (χ4n) is 2.13. The number of thioether (sulfide) groups is 1. The molecule has 0 atom stereocenters. The maximum atomic E-state index is 11.0. The summed E-state index contributed by atoms with van der Waals surface area (Å²) in [7, 11) is 0. The molecule has 6 heteroatoms. The van der Waals surface area contributed by atoms with Crippen molar-refractivity contribution in [2.45, 2.75) is 0 Å². The Labute approximate surface area is 147 Å². The van der Waals surface area contributed by atoms with E-state index >= 15 is 0 Å². The minimum atomic E-state index is -0.877. The Morgan fingerprint density at radius 3 is 2.88 bits per heavy atom. The monoisotopic (exact) mass is 352 g/mol. The number of carbonyl (C=O) groups is 1. The van der Waals surface area contributed by atoms with E-state index in [9.17, 15) is 4.79 Å². The van der Waals surface area contributed by atoms with Crippen molar-refractivity contribution in [2.75, 3.05) is 5.75 Å². The number of carboxylic acid groups (broad SMARTS) is 1. The number of aliphatic carboxylic acids is 1. The SMILES string of the molecule is N#Cc1cccc(/C=C(\SCC(=O)O)c2nc3ccccc3s2)c1. The van der Waals surface area contributed by atoms with Gasteiger partial charge in [-0.2, -0.15) is 5.26 Å². The topological polar surface area (TPSA) is 74.0 Å². The number of thiazole rings is 1. The minimum Gasteiger partial charge on any atom is -0.481 e. The number of hydrogen-bond acceptors (Lipinski definition) is 5. The predicted molar refractivity (Wildman–Crippen MR) is 98.7 cm³/mol. The molecular formula is C18H12N2O2S2. The molecule has 3 aromatic rings. The fraction of sp³-hybridized carbons (Fsp3) is 0.0556. The van der Waals surface area contributed by atoms with Crippen LogP contribution in [0.4, 0.5) is 0 Å². The highest BCUT2D eigenvalue weighted by molar-refractivity contribution is 8.09. The molecule has 0 bridgehead atoms. The van der Waals surface area contributed by atoms with Gasteiger partial charge in [0.05, 0.1) is 27.6 Å². The van der Waals surface area contributed by atoms with Gasteiger partial charge < -0.3 is 5.11 Å². The van der Waals surface area contributed by atoms with Crippen LogP contribution < -0.4 is 0 Å². The third-order valence-corrected chi connectivity index (χ3v) is 5.38. The summed E-state index contributed by atoms with van der Waals surface area (Å²) in [6.45, 7) is 0. The van der Waals surface area contributed by atoms with Gasteiger partial charge in [-0.25, -0.2) is 4.98 Å². The average Bonchev–Trinajstić information content (AvgIpc) is 3.02. The molecule has 0 spiro atoms. The van der Waals surface area contributed by atoms with E-state index in [-0.39, 0.29) is 5.75 Å². The minimum absolute atomic E-state index is 0.0420. The van der Waals surface area contributed by atoms with E-state index in [2.05, 4.69) is 11.1 Å². The summed E-state index contributed by atoms with van der Waals surface area (Å²) >= 11 is 2.76. The van der Waals surface area contributed by atoms with Crippen LogP contribution in [0.25, 0.3) is 21.2 Å². The van der Waals surface area contributed by atoms with E-state index in [1.165, 1.54) is 23.1 Å². The van der Waals surface area contributed by atoms with Crippen LogP contribution in [0.15, 0.2) is 48.5 Å². The Bertz CT molecular complexity index is 937. The lowest BCUT2D eigenvalue weighted by atomic mass is 10.1. The summed E-state index contributed by atoms with van der Waals surface area (Å²) < 4.78 is 1.06. The van der Waals surface area contributed by atoms with Crippen molar-refractivity contribution >= 4 is 50.3 Å². The number of hydrogen-bond donors (Lipinski definition) is 1. The number of nitrogens with zero attached hydrogens (tertiary/aromatic N) is 2. The molecule has 4 nitrogen and oxygen atoms in total. The maximum absolute atomic E-state index is 11.0. The molecular weight excluding hydrogens is 340 g/mol. The van der Waals surface area contributed by atoms with Crippen LogP contribution in [0, 0.1) is 11.3 Å². The second-order valence-corrected chi connectivity index (χ2v) is 6.96. The first-order valence-electron chi connectivity index (χ1n) is 7.08. The van der Waals surface area contributed by atoms with Crippen LogP contribution in [0.5, 0.6) is 0 Å². The molecule has 0 aliphatic carbocycles. The van der Waals surface area contributed by atoms with Gasteiger partial charge in [0.15, 0.2) is 0 Å². The lowest BCUT2D eigenvalue weighted by Crippen LogP contribution is -1.98. The molecule has 0 saturated heterocycles. The lowest BCUT2D eigenvalue weighted by Gasteiger charge is -2.03. The van der Waals surface area contributed by atoms with Crippen LogP contribution in [-0.4, -0.2) is 21.8 Å². The predicted octanol–water partition coefficient (Wildman–Crippen LogP) is 4.48. The normalized spacial score (nSPS) is 11.4. The van der Waals surface area contributed by atoms with E-state index in [1.807, 2.05) is 42.5 Å². The van der Waals surface area contributed by atoms with Gasteiger partial charge in [0.25, 0.3) is 0 Å². The Hall–Kier alpha value is -2.62. The molecule has 0 unspecified atom stereocenters. The van der Waals surface area contributed by atoms with Gasteiger partial charge in [0, 0.05) is 4.91 Å². The van der Waals surface area contributed by atoms with E-state index in [0.29, 0.717) is 5.56 Å². The Balaban J connectivity index is 2.03. The molecule has 0 aliphatic rings. The standard InChI is InChI=1S/C18H12N2O2S2/c19-10-13-5-3-4-12(8-13)9-16(23-11-17(21)22)18-20-14-6-1-2-7-15(14)24-18/h1-9H,11H2,(H,21,22)/b16-9-. The van der Waals surface area contributed by atoms with E-state index in [4.69, 9.17) is 10.4 Å². The first kappa shape index (κ1) is 16.2. The van der Waals surface area contributed by atoms with Crippen molar-refractivity contribution in [3.8, 4) is 6.07 Å². The van der Waals surface area contributed by atoms with Gasteiger partial charge in [-0.05, 0) is 35.9 Å². The Morgan fingerprint density at radius 1 is 1.29 bits per heavy atom. The van der Waals surface area contributed by atoms with Crippen molar-refractivity contribution in [1.82, 2.24) is 4.98 Å². The third-order valence-electron chi connectivity index (χ3n) is 3.17. The second-order valence-electron chi connectivity index (χ2n) is 4.92. The number of carboxylic acids is 1. The second kappa shape index (κ2) is 7.30. The van der Waals surface area contributed by atoms with Gasteiger partial charge in [0.1, 0.15) is 5.01 Å². The van der Waals surface area contributed by atoms with Crippen molar-refractivity contribution in [1.29, 1.82) is 5.26 Å². The highest BCUT2D eigenvalue weighted by atomic mass is 32.2. The molecule has 118 valence electrons. The van der Waals surface area contributed by atoms with Crippen molar-refractivity contribution in [3.05, 3.63) is 64.7 Å². The molecule has 2 aromatic carbocycles. The molecule has 3 rings (SSSR count). The Kier molecular flexibility index (Phi) is 4.94. The number of nitriles is 1. The highest BCUT2D eigenvalue weighted by Gasteiger charge is 2.11. The Morgan fingerprint density at radius 2 is 2.12 bits per heavy atom. The number of rotatable bonds is 5. The largest absolute Gasteiger partial charge is 0.481 e. The van der Waals surface area contributed by atoms with Crippen LogP contribution in [0.2, 0.25) is 0 Å². The zero-order valence-electron chi connectivity index (χ0n) is 12.5. The van der Waals surface area contributed by atoms with Crippen LogP contribution >= 0.6 is 23.1 Å². The molecule has 0 amide bonds. The van der Waals surface area contributed by atoms with Gasteiger partial charge in [-0.1, -0.05) is 24.3 Å². The first-order valence-corrected chi connectivity index (χ1v) is 8.88.